The minimum atomic E-state index is -0.174. The summed E-state index contributed by atoms with van der Waals surface area (Å²) < 4.78 is 5.29. The van der Waals surface area contributed by atoms with Crippen LogP contribution in [0.1, 0.15) is 30.9 Å². The minimum Gasteiger partial charge on any atom is -0.447 e. The molecule has 1 amide bonds. The number of hydrogen-bond donors (Lipinski definition) is 0. The molecule has 1 heterocycles. The number of hydrogen-bond acceptors (Lipinski definition) is 2. The number of carbonyl (C=O) groups excluding carboxylic acids is 1. The molecule has 0 bridgehead atoms. The smallest absolute Gasteiger partial charge is 0.410 e. The van der Waals surface area contributed by atoms with Crippen LogP contribution in [0, 0.1) is 5.92 Å². The molecule has 3 atom stereocenters. The van der Waals surface area contributed by atoms with Crippen LogP contribution in [0.25, 0.3) is 0 Å². The number of rotatable bonds is 3. The molecule has 2 fully saturated rings. The maximum absolute atomic E-state index is 12.1. The fraction of sp³-hybridized carbons (Fsp3) is 0.438. The maximum atomic E-state index is 12.1. The van der Waals surface area contributed by atoms with E-state index in [9.17, 15) is 4.79 Å². The second-order valence-electron chi connectivity index (χ2n) is 5.31. The van der Waals surface area contributed by atoms with Gasteiger partial charge in [0.05, 0.1) is 6.04 Å². The van der Waals surface area contributed by atoms with Crippen molar-refractivity contribution >= 4 is 6.09 Å². The molecule has 3 rings (SSSR count). The summed E-state index contributed by atoms with van der Waals surface area (Å²) in [6.07, 6.45) is 5.15. The van der Waals surface area contributed by atoms with Crippen LogP contribution >= 0.6 is 0 Å². The lowest BCUT2D eigenvalue weighted by atomic mass is 9.99. The van der Waals surface area contributed by atoms with Gasteiger partial charge in [-0.3, -0.25) is 4.90 Å². The first kappa shape index (κ1) is 12.3. The highest BCUT2D eigenvalue weighted by molar-refractivity contribution is 5.71. The molecular weight excluding hydrogens is 238 g/mol. The quantitative estimate of drug-likeness (QED) is 0.775. The van der Waals surface area contributed by atoms with Crippen molar-refractivity contribution in [2.45, 2.75) is 31.3 Å². The fourth-order valence-corrected chi connectivity index (χ4v) is 3.32. The van der Waals surface area contributed by atoms with Crippen LogP contribution in [0.4, 0.5) is 4.79 Å². The van der Waals surface area contributed by atoms with Crippen molar-refractivity contribution < 1.29 is 9.53 Å². The second-order valence-corrected chi connectivity index (χ2v) is 5.31. The lowest BCUT2D eigenvalue weighted by Crippen LogP contribution is -2.39. The van der Waals surface area contributed by atoms with Gasteiger partial charge in [-0.25, -0.2) is 4.79 Å². The number of amides is 1. The second kappa shape index (κ2) is 5.08. The van der Waals surface area contributed by atoms with Crippen molar-refractivity contribution in [2.24, 2.45) is 5.92 Å². The molecule has 0 N–H and O–H groups in total. The Balaban J connectivity index is 1.89. The lowest BCUT2D eigenvalue weighted by molar-refractivity contribution is 0.138. The first-order valence-corrected chi connectivity index (χ1v) is 6.94. The predicted molar refractivity (Wildman–Crippen MR) is 73.7 cm³/mol. The average molecular weight is 257 g/mol. The van der Waals surface area contributed by atoms with E-state index in [1.54, 1.807) is 0 Å². The van der Waals surface area contributed by atoms with Gasteiger partial charge in [0, 0.05) is 6.04 Å². The Bertz CT molecular complexity index is 471. The highest BCUT2D eigenvalue weighted by Crippen LogP contribution is 2.38. The van der Waals surface area contributed by atoms with Gasteiger partial charge in [-0.2, -0.15) is 0 Å². The van der Waals surface area contributed by atoms with Crippen LogP contribution in [-0.4, -0.2) is 23.6 Å². The molecular formula is C16H19NO2. The number of carbonyl (C=O) groups is 1. The minimum absolute atomic E-state index is 0.0549. The third-order valence-electron chi connectivity index (χ3n) is 4.29. The van der Waals surface area contributed by atoms with Crippen LogP contribution < -0.4 is 0 Å². The molecule has 1 aliphatic heterocycles. The summed E-state index contributed by atoms with van der Waals surface area (Å²) >= 11 is 0. The Labute approximate surface area is 113 Å². The van der Waals surface area contributed by atoms with E-state index in [1.807, 2.05) is 29.2 Å². The fourth-order valence-electron chi connectivity index (χ4n) is 3.32. The number of ether oxygens (including phenoxy) is 1. The molecule has 2 aliphatic rings. The summed E-state index contributed by atoms with van der Waals surface area (Å²) in [6, 6.07) is 10.5. The number of nitrogens with zero attached hydrogens (tertiary/aromatic N) is 1. The Hall–Kier alpha value is -1.77. The van der Waals surface area contributed by atoms with Gasteiger partial charge >= 0.3 is 6.09 Å². The summed E-state index contributed by atoms with van der Waals surface area (Å²) in [5.41, 5.74) is 1.16. The van der Waals surface area contributed by atoms with Gasteiger partial charge in [0.25, 0.3) is 0 Å². The van der Waals surface area contributed by atoms with Gasteiger partial charge in [0.2, 0.25) is 0 Å². The highest BCUT2D eigenvalue weighted by atomic mass is 16.6. The molecule has 1 saturated carbocycles. The summed E-state index contributed by atoms with van der Waals surface area (Å²) in [6.45, 7) is 4.37. The van der Waals surface area contributed by atoms with Crippen LogP contribution in [0.3, 0.4) is 0 Å². The van der Waals surface area contributed by atoms with Crippen molar-refractivity contribution in [3.8, 4) is 0 Å². The third-order valence-corrected chi connectivity index (χ3v) is 4.29. The van der Waals surface area contributed by atoms with E-state index in [1.165, 1.54) is 0 Å². The zero-order chi connectivity index (χ0) is 13.2. The van der Waals surface area contributed by atoms with Crippen LogP contribution in [-0.2, 0) is 4.74 Å². The Morgan fingerprint density at radius 1 is 1.26 bits per heavy atom. The molecule has 100 valence electrons. The number of cyclic esters (lactones) is 1. The van der Waals surface area contributed by atoms with Crippen LogP contribution in [0.5, 0.6) is 0 Å². The Morgan fingerprint density at radius 3 is 2.79 bits per heavy atom. The standard InChI is InChI=1S/C16H19NO2/c1-2-12-9-6-10-14(12)17-15(11-19-16(17)18)13-7-4-3-5-8-13/h2-5,7-8,12,14-15H,1,6,9-11H2/t12-,14-,15-/m0/s1. The van der Waals surface area contributed by atoms with Crippen molar-refractivity contribution in [2.75, 3.05) is 6.61 Å². The summed E-state index contributed by atoms with van der Waals surface area (Å²) in [7, 11) is 0. The zero-order valence-electron chi connectivity index (χ0n) is 11.0. The molecule has 1 aromatic rings. The van der Waals surface area contributed by atoms with E-state index in [2.05, 4.69) is 18.7 Å². The molecule has 0 unspecified atom stereocenters. The normalized spacial score (nSPS) is 30.4. The van der Waals surface area contributed by atoms with E-state index in [0.29, 0.717) is 12.5 Å². The first-order chi connectivity index (χ1) is 9.31. The largest absolute Gasteiger partial charge is 0.447 e. The lowest BCUT2D eigenvalue weighted by Gasteiger charge is -2.31. The van der Waals surface area contributed by atoms with E-state index >= 15 is 0 Å². The summed E-state index contributed by atoms with van der Waals surface area (Å²) in [5, 5.41) is 0. The van der Waals surface area contributed by atoms with Crippen LogP contribution in [0.15, 0.2) is 43.0 Å². The predicted octanol–water partition coefficient (Wildman–Crippen LogP) is 3.53. The van der Waals surface area contributed by atoms with Crippen molar-refractivity contribution in [1.82, 2.24) is 4.90 Å². The third kappa shape index (κ3) is 2.14. The molecule has 1 aliphatic carbocycles. The SMILES string of the molecule is C=C[C@H]1CCC[C@@H]1N1C(=O)OC[C@H]1c1ccccc1. The van der Waals surface area contributed by atoms with Gasteiger partial charge in [0.15, 0.2) is 0 Å². The van der Waals surface area contributed by atoms with Crippen molar-refractivity contribution in [3.63, 3.8) is 0 Å². The van der Waals surface area contributed by atoms with E-state index in [4.69, 9.17) is 4.74 Å². The Morgan fingerprint density at radius 2 is 2.05 bits per heavy atom. The van der Waals surface area contributed by atoms with Crippen molar-refractivity contribution in [3.05, 3.63) is 48.6 Å². The zero-order valence-corrected chi connectivity index (χ0v) is 11.0. The monoisotopic (exact) mass is 257 g/mol. The average Bonchev–Trinajstić information content (AvgIpc) is 3.05. The van der Waals surface area contributed by atoms with Gasteiger partial charge < -0.3 is 4.74 Å². The molecule has 3 nitrogen and oxygen atoms in total. The van der Waals surface area contributed by atoms with E-state index < -0.39 is 0 Å². The molecule has 1 aromatic carbocycles. The van der Waals surface area contributed by atoms with Gasteiger partial charge in [-0.15, -0.1) is 6.58 Å². The topological polar surface area (TPSA) is 29.5 Å². The summed E-state index contributed by atoms with van der Waals surface area (Å²) in [4.78, 5) is 14.0. The number of benzene rings is 1. The highest BCUT2D eigenvalue weighted by Gasteiger charge is 2.42. The molecule has 3 heteroatoms. The molecule has 1 saturated heterocycles. The molecule has 19 heavy (non-hydrogen) atoms. The molecule has 0 aromatic heterocycles. The van der Waals surface area contributed by atoms with Gasteiger partial charge in [-0.1, -0.05) is 42.8 Å². The van der Waals surface area contributed by atoms with Gasteiger partial charge in [-0.05, 0) is 24.3 Å². The Kier molecular flexibility index (Phi) is 3.28. The van der Waals surface area contributed by atoms with Crippen molar-refractivity contribution in [1.29, 1.82) is 0 Å². The summed E-state index contributed by atoms with van der Waals surface area (Å²) in [5.74, 6) is 0.400. The van der Waals surface area contributed by atoms with E-state index in [-0.39, 0.29) is 18.2 Å². The molecule has 0 spiro atoms. The first-order valence-electron chi connectivity index (χ1n) is 6.94. The van der Waals surface area contributed by atoms with Crippen LogP contribution in [0.2, 0.25) is 0 Å². The van der Waals surface area contributed by atoms with E-state index in [0.717, 1.165) is 24.8 Å². The molecule has 0 radical (unpaired) electrons. The van der Waals surface area contributed by atoms with Gasteiger partial charge in [0.1, 0.15) is 6.61 Å². The maximum Gasteiger partial charge on any atom is 0.410 e.